The highest BCUT2D eigenvalue weighted by Gasteiger charge is 2.38. The third-order valence-electron chi connectivity index (χ3n) is 4.32. The summed E-state index contributed by atoms with van der Waals surface area (Å²) in [5.74, 6) is 0. The summed E-state index contributed by atoms with van der Waals surface area (Å²) < 4.78 is 13.1. The van der Waals surface area contributed by atoms with Crippen LogP contribution in [-0.2, 0) is 10.8 Å². The second-order valence-electron chi connectivity index (χ2n) is 6.73. The average Bonchev–Trinajstić information content (AvgIpc) is 2.45. The predicted octanol–water partition coefficient (Wildman–Crippen LogP) is 4.39. The van der Waals surface area contributed by atoms with Gasteiger partial charge in [-0.05, 0) is 49.8 Å². The van der Waals surface area contributed by atoms with Crippen LogP contribution in [0.2, 0.25) is 5.02 Å². The molecule has 0 amide bonds. The van der Waals surface area contributed by atoms with Crippen molar-refractivity contribution in [2.45, 2.75) is 62.6 Å². The van der Waals surface area contributed by atoms with Crippen molar-refractivity contribution in [1.29, 1.82) is 0 Å². The number of hydrogen-bond donors (Lipinski definition) is 1. The van der Waals surface area contributed by atoms with Gasteiger partial charge in [-0.3, -0.25) is 4.21 Å². The molecule has 3 unspecified atom stereocenters. The number of nitrogens with one attached hydrogen (secondary N) is 1. The van der Waals surface area contributed by atoms with Crippen molar-refractivity contribution in [3.05, 3.63) is 29.3 Å². The van der Waals surface area contributed by atoms with E-state index in [9.17, 15) is 4.21 Å². The summed E-state index contributed by atoms with van der Waals surface area (Å²) in [5.41, 5.74) is 0.256. The molecule has 0 aromatic heterocycles. The van der Waals surface area contributed by atoms with E-state index in [0.717, 1.165) is 30.7 Å². The number of hydrogen-bond acceptors (Lipinski definition) is 2. The molecule has 1 aliphatic rings. The molecule has 0 spiro atoms. The number of benzene rings is 1. The topological polar surface area (TPSA) is 29.1 Å². The Kier molecular flexibility index (Phi) is 5.87. The Bertz CT molecular complexity index is 503. The first-order valence-corrected chi connectivity index (χ1v) is 9.42. The largest absolute Gasteiger partial charge is 0.313 e. The minimum absolute atomic E-state index is 0.139. The summed E-state index contributed by atoms with van der Waals surface area (Å²) in [6, 6.07) is 7.87. The van der Waals surface area contributed by atoms with Gasteiger partial charge in [0.05, 0.1) is 26.0 Å². The molecule has 0 heterocycles. The van der Waals surface area contributed by atoms with Crippen molar-refractivity contribution < 1.29 is 4.21 Å². The van der Waals surface area contributed by atoms with Crippen LogP contribution >= 0.6 is 11.6 Å². The van der Waals surface area contributed by atoms with Gasteiger partial charge < -0.3 is 5.32 Å². The summed E-state index contributed by atoms with van der Waals surface area (Å²) in [7, 11) is -1.06. The summed E-state index contributed by atoms with van der Waals surface area (Å²) in [6.07, 6.45) is 4.36. The highest BCUT2D eigenvalue weighted by atomic mass is 35.5. The fourth-order valence-corrected chi connectivity index (χ4v) is 5.38. The summed E-state index contributed by atoms with van der Waals surface area (Å²) in [4.78, 5) is 0.783. The molecule has 1 N–H and O–H groups in total. The van der Waals surface area contributed by atoms with Crippen molar-refractivity contribution >= 4 is 22.4 Å². The van der Waals surface area contributed by atoms with Crippen LogP contribution in [0.4, 0.5) is 0 Å². The predicted molar refractivity (Wildman–Crippen MR) is 91.4 cm³/mol. The van der Waals surface area contributed by atoms with Crippen molar-refractivity contribution in [2.24, 2.45) is 5.41 Å². The zero-order chi connectivity index (χ0) is 15.5. The molecule has 4 heteroatoms. The molecule has 1 aromatic rings. The summed E-state index contributed by atoms with van der Waals surface area (Å²) in [5, 5.41) is 4.35. The maximum Gasteiger partial charge on any atom is 0.0592 e. The molecule has 3 atom stereocenters. The van der Waals surface area contributed by atoms with Crippen molar-refractivity contribution in [3.63, 3.8) is 0 Å². The third kappa shape index (κ3) is 4.30. The van der Waals surface area contributed by atoms with E-state index in [4.69, 9.17) is 11.6 Å². The molecule has 0 radical (unpaired) electrons. The Balaban J connectivity index is 2.22. The van der Waals surface area contributed by atoms with Gasteiger partial charge >= 0.3 is 0 Å². The summed E-state index contributed by atoms with van der Waals surface area (Å²) in [6.45, 7) is 7.71. The lowest BCUT2D eigenvalue weighted by molar-refractivity contribution is 0.212. The van der Waals surface area contributed by atoms with Crippen LogP contribution in [0, 0.1) is 5.41 Å². The second kappa shape index (κ2) is 7.26. The minimum Gasteiger partial charge on any atom is -0.313 e. The molecule has 118 valence electrons. The Morgan fingerprint density at radius 1 is 1.38 bits per heavy atom. The Hall–Kier alpha value is -0.380. The van der Waals surface area contributed by atoms with Crippen molar-refractivity contribution in [3.8, 4) is 0 Å². The third-order valence-corrected chi connectivity index (χ3v) is 6.60. The van der Waals surface area contributed by atoms with E-state index in [1.807, 2.05) is 24.3 Å². The van der Waals surface area contributed by atoms with E-state index in [1.54, 1.807) is 0 Å². The van der Waals surface area contributed by atoms with Gasteiger partial charge in [0.2, 0.25) is 0 Å². The van der Waals surface area contributed by atoms with Crippen LogP contribution < -0.4 is 5.32 Å². The smallest absolute Gasteiger partial charge is 0.0592 e. The van der Waals surface area contributed by atoms with Gasteiger partial charge in [0.15, 0.2) is 0 Å². The maximum absolute atomic E-state index is 13.1. The normalized spacial score (nSPS) is 26.5. The minimum atomic E-state index is -1.06. The summed E-state index contributed by atoms with van der Waals surface area (Å²) >= 11 is 6.25. The maximum atomic E-state index is 13.1. The molecule has 1 saturated carbocycles. The molecule has 0 saturated heterocycles. The van der Waals surface area contributed by atoms with Gasteiger partial charge in [-0.15, -0.1) is 0 Å². The first-order valence-electron chi connectivity index (χ1n) is 7.83. The van der Waals surface area contributed by atoms with Gasteiger partial charge in [-0.1, -0.05) is 44.5 Å². The molecule has 1 aliphatic carbocycles. The van der Waals surface area contributed by atoms with Gasteiger partial charge in [0.25, 0.3) is 0 Å². The van der Waals surface area contributed by atoms with Crippen molar-refractivity contribution in [1.82, 2.24) is 5.32 Å². The standard InChI is InChI=1S/C17H26ClNOS/c1-4-11-19-14-9-10-17(2,3)12-16(14)21(20)15-8-6-5-7-13(15)18/h5-8,14,16,19H,4,9-12H2,1-3H3. The quantitative estimate of drug-likeness (QED) is 0.868. The Labute approximate surface area is 136 Å². The van der Waals surface area contributed by atoms with Crippen LogP contribution in [0.15, 0.2) is 29.2 Å². The van der Waals surface area contributed by atoms with E-state index >= 15 is 0 Å². The zero-order valence-corrected chi connectivity index (χ0v) is 14.8. The average molecular weight is 328 g/mol. The molecule has 2 nitrogen and oxygen atoms in total. The van der Waals surface area contributed by atoms with Crippen LogP contribution in [0.1, 0.15) is 46.5 Å². The molecule has 2 rings (SSSR count). The zero-order valence-electron chi connectivity index (χ0n) is 13.2. The molecule has 1 fully saturated rings. The number of halogens is 1. The SMILES string of the molecule is CCCNC1CCC(C)(C)CC1S(=O)c1ccccc1Cl. The molecule has 0 aliphatic heterocycles. The van der Waals surface area contributed by atoms with E-state index < -0.39 is 10.8 Å². The van der Waals surface area contributed by atoms with E-state index in [1.165, 1.54) is 6.42 Å². The highest BCUT2D eigenvalue weighted by molar-refractivity contribution is 7.85. The fraction of sp³-hybridized carbons (Fsp3) is 0.647. The monoisotopic (exact) mass is 327 g/mol. The highest BCUT2D eigenvalue weighted by Crippen LogP contribution is 2.39. The van der Waals surface area contributed by atoms with Crippen LogP contribution in [0.25, 0.3) is 0 Å². The van der Waals surface area contributed by atoms with Crippen LogP contribution in [0.5, 0.6) is 0 Å². The van der Waals surface area contributed by atoms with Crippen LogP contribution in [-0.4, -0.2) is 22.0 Å². The Morgan fingerprint density at radius 3 is 2.76 bits per heavy atom. The molecular formula is C17H26ClNOS. The van der Waals surface area contributed by atoms with Crippen molar-refractivity contribution in [2.75, 3.05) is 6.54 Å². The molecular weight excluding hydrogens is 302 g/mol. The lowest BCUT2D eigenvalue weighted by atomic mass is 9.75. The van der Waals surface area contributed by atoms with Crippen LogP contribution in [0.3, 0.4) is 0 Å². The van der Waals surface area contributed by atoms with Gasteiger partial charge in [0, 0.05) is 6.04 Å². The van der Waals surface area contributed by atoms with Gasteiger partial charge in [0.1, 0.15) is 0 Å². The van der Waals surface area contributed by atoms with E-state index in [2.05, 4.69) is 26.1 Å². The molecule has 1 aromatic carbocycles. The first kappa shape index (κ1) is 17.0. The fourth-order valence-electron chi connectivity index (χ4n) is 3.08. The Morgan fingerprint density at radius 2 is 2.10 bits per heavy atom. The number of rotatable bonds is 5. The lowest BCUT2D eigenvalue weighted by Gasteiger charge is -2.40. The molecule has 0 bridgehead atoms. The second-order valence-corrected chi connectivity index (χ2v) is 8.78. The van der Waals surface area contributed by atoms with E-state index in [-0.39, 0.29) is 10.7 Å². The van der Waals surface area contributed by atoms with E-state index in [0.29, 0.717) is 11.1 Å². The first-order chi connectivity index (χ1) is 9.94. The molecule has 21 heavy (non-hydrogen) atoms. The van der Waals surface area contributed by atoms with Gasteiger partial charge in [-0.2, -0.15) is 0 Å². The van der Waals surface area contributed by atoms with Gasteiger partial charge in [-0.25, -0.2) is 0 Å². The lowest BCUT2D eigenvalue weighted by Crippen LogP contribution is -2.48.